The molecule has 7 heteroatoms. The lowest BCUT2D eigenvalue weighted by Gasteiger charge is -2.02. The number of benzene rings is 1. The van der Waals surface area contributed by atoms with E-state index in [0.29, 0.717) is 5.56 Å². The quantitative estimate of drug-likeness (QED) is 0.472. The Labute approximate surface area is 114 Å². The van der Waals surface area contributed by atoms with Crippen molar-refractivity contribution in [1.82, 2.24) is 4.98 Å². The lowest BCUT2D eigenvalue weighted by atomic mass is 10.1. The smallest absolute Gasteiger partial charge is 0.360 e. The molecular weight excluding hydrogens is 264 g/mol. The van der Waals surface area contributed by atoms with Crippen molar-refractivity contribution in [2.45, 2.75) is 13.3 Å². The summed E-state index contributed by atoms with van der Waals surface area (Å²) in [5.74, 6) is -0.354. The molecular formula is C13H12N2O5. The van der Waals surface area contributed by atoms with Crippen LogP contribution in [0.2, 0.25) is 0 Å². The highest BCUT2D eigenvalue weighted by molar-refractivity contribution is 5.88. The first kappa shape index (κ1) is 13.7. The zero-order valence-electron chi connectivity index (χ0n) is 10.7. The Morgan fingerprint density at radius 3 is 2.90 bits per heavy atom. The number of hydrogen-bond donors (Lipinski definition) is 0. The van der Waals surface area contributed by atoms with E-state index in [1.165, 1.54) is 6.07 Å². The van der Waals surface area contributed by atoms with E-state index in [1.54, 1.807) is 25.1 Å². The Balaban J connectivity index is 2.30. The molecule has 0 saturated heterocycles. The van der Waals surface area contributed by atoms with Gasteiger partial charge < -0.3 is 9.15 Å². The summed E-state index contributed by atoms with van der Waals surface area (Å²) in [5, 5.41) is 10.9. The highest BCUT2D eigenvalue weighted by Crippen LogP contribution is 2.22. The van der Waals surface area contributed by atoms with Crippen LogP contribution in [0.1, 0.15) is 28.7 Å². The number of para-hydroxylation sites is 1. The predicted molar refractivity (Wildman–Crippen MR) is 68.4 cm³/mol. The minimum Gasteiger partial charge on any atom is -0.461 e. The number of rotatable bonds is 5. The molecule has 1 aromatic carbocycles. The molecule has 0 amide bonds. The Morgan fingerprint density at radius 1 is 1.45 bits per heavy atom. The van der Waals surface area contributed by atoms with Gasteiger partial charge in [-0.25, -0.2) is 9.78 Å². The molecule has 1 heterocycles. The van der Waals surface area contributed by atoms with Gasteiger partial charge in [-0.3, -0.25) is 10.1 Å². The van der Waals surface area contributed by atoms with E-state index in [4.69, 9.17) is 9.15 Å². The minimum absolute atomic E-state index is 0.0290. The summed E-state index contributed by atoms with van der Waals surface area (Å²) in [4.78, 5) is 25.9. The molecule has 0 atom stereocenters. The lowest BCUT2D eigenvalue weighted by Crippen LogP contribution is -2.08. The maximum Gasteiger partial charge on any atom is 0.360 e. The predicted octanol–water partition coefficient (Wildman–Crippen LogP) is 2.35. The number of nitrogens with zero attached hydrogens (tertiary/aromatic N) is 2. The molecule has 7 nitrogen and oxygen atoms in total. The SMILES string of the molecule is CCOC(=O)c1ncoc1Cc1ccccc1[N+](=O)[O-]. The molecule has 0 spiro atoms. The number of oxazole rings is 1. The Hall–Kier alpha value is -2.70. The average molecular weight is 276 g/mol. The number of carbonyl (C=O) groups excluding carboxylic acids is 1. The molecule has 0 radical (unpaired) electrons. The number of nitro groups is 1. The van der Waals surface area contributed by atoms with Crippen LogP contribution in [0, 0.1) is 10.1 Å². The van der Waals surface area contributed by atoms with Crippen molar-refractivity contribution in [2.24, 2.45) is 0 Å². The van der Waals surface area contributed by atoms with Gasteiger partial charge in [0.15, 0.2) is 12.1 Å². The van der Waals surface area contributed by atoms with Gasteiger partial charge in [-0.05, 0) is 6.92 Å². The van der Waals surface area contributed by atoms with Crippen molar-refractivity contribution in [3.8, 4) is 0 Å². The Kier molecular flexibility index (Phi) is 4.09. The summed E-state index contributed by atoms with van der Waals surface area (Å²) < 4.78 is 9.98. The van der Waals surface area contributed by atoms with Crippen LogP contribution in [0.3, 0.4) is 0 Å². The molecule has 0 aliphatic carbocycles. The first-order valence-corrected chi connectivity index (χ1v) is 5.95. The van der Waals surface area contributed by atoms with Crippen LogP contribution in [0.15, 0.2) is 35.1 Å². The van der Waals surface area contributed by atoms with Gasteiger partial charge in [-0.15, -0.1) is 0 Å². The number of nitro benzene ring substituents is 1. The van der Waals surface area contributed by atoms with E-state index in [0.717, 1.165) is 6.39 Å². The highest BCUT2D eigenvalue weighted by Gasteiger charge is 2.21. The number of carbonyl (C=O) groups is 1. The molecule has 0 N–H and O–H groups in total. The zero-order valence-corrected chi connectivity index (χ0v) is 10.7. The first-order valence-electron chi connectivity index (χ1n) is 5.95. The minimum atomic E-state index is -0.602. The largest absolute Gasteiger partial charge is 0.461 e. The van der Waals surface area contributed by atoms with E-state index in [2.05, 4.69) is 4.98 Å². The normalized spacial score (nSPS) is 10.2. The maximum absolute atomic E-state index is 11.7. The summed E-state index contributed by atoms with van der Waals surface area (Å²) >= 11 is 0. The zero-order chi connectivity index (χ0) is 14.5. The third-order valence-electron chi connectivity index (χ3n) is 2.65. The fraction of sp³-hybridized carbons (Fsp3) is 0.231. The van der Waals surface area contributed by atoms with Crippen molar-refractivity contribution in [3.05, 3.63) is 57.8 Å². The van der Waals surface area contributed by atoms with Gasteiger partial charge in [0.05, 0.1) is 11.5 Å². The van der Waals surface area contributed by atoms with Crippen LogP contribution < -0.4 is 0 Å². The Morgan fingerprint density at radius 2 is 2.20 bits per heavy atom. The molecule has 2 rings (SSSR count). The van der Waals surface area contributed by atoms with Crippen LogP contribution in [0.4, 0.5) is 5.69 Å². The number of aromatic nitrogens is 1. The van der Waals surface area contributed by atoms with Gasteiger partial charge >= 0.3 is 5.97 Å². The standard InChI is InChI=1S/C13H12N2O5/c1-2-19-13(16)12-11(20-8-14-12)7-9-5-3-4-6-10(9)15(17)18/h3-6,8H,2,7H2,1H3. The molecule has 20 heavy (non-hydrogen) atoms. The second kappa shape index (κ2) is 5.96. The van der Waals surface area contributed by atoms with Crippen molar-refractivity contribution in [1.29, 1.82) is 0 Å². The van der Waals surface area contributed by atoms with Crippen molar-refractivity contribution in [2.75, 3.05) is 6.61 Å². The number of esters is 1. The lowest BCUT2D eigenvalue weighted by molar-refractivity contribution is -0.385. The highest BCUT2D eigenvalue weighted by atomic mass is 16.6. The molecule has 0 aliphatic heterocycles. The number of hydrogen-bond acceptors (Lipinski definition) is 6. The van der Waals surface area contributed by atoms with E-state index < -0.39 is 10.9 Å². The average Bonchev–Trinajstić information content (AvgIpc) is 2.87. The summed E-state index contributed by atoms with van der Waals surface area (Å²) in [6.45, 7) is 1.90. The van der Waals surface area contributed by atoms with E-state index >= 15 is 0 Å². The molecule has 0 aliphatic rings. The summed E-state index contributed by atoms with van der Waals surface area (Å²) in [7, 11) is 0. The summed E-state index contributed by atoms with van der Waals surface area (Å²) in [6, 6.07) is 6.27. The topological polar surface area (TPSA) is 95.5 Å². The molecule has 0 unspecified atom stereocenters. The van der Waals surface area contributed by atoms with Gasteiger partial charge in [0, 0.05) is 18.1 Å². The van der Waals surface area contributed by atoms with Crippen molar-refractivity contribution >= 4 is 11.7 Å². The maximum atomic E-state index is 11.7. The number of ether oxygens (including phenoxy) is 1. The van der Waals surface area contributed by atoms with Crippen LogP contribution in [0.25, 0.3) is 0 Å². The molecule has 0 saturated carbocycles. The fourth-order valence-corrected chi connectivity index (χ4v) is 1.77. The van der Waals surface area contributed by atoms with Gasteiger partial charge in [0.25, 0.3) is 5.69 Å². The molecule has 2 aromatic rings. The molecule has 0 bridgehead atoms. The van der Waals surface area contributed by atoms with Crippen molar-refractivity contribution in [3.63, 3.8) is 0 Å². The van der Waals surface area contributed by atoms with E-state index in [-0.39, 0.29) is 30.2 Å². The van der Waals surface area contributed by atoms with Crippen LogP contribution >= 0.6 is 0 Å². The summed E-state index contributed by atoms with van der Waals surface area (Å²) in [6.07, 6.45) is 1.22. The Bertz CT molecular complexity index is 635. The second-order valence-corrected chi connectivity index (χ2v) is 3.91. The van der Waals surface area contributed by atoms with Gasteiger partial charge in [0.1, 0.15) is 5.76 Å². The van der Waals surface area contributed by atoms with E-state index in [9.17, 15) is 14.9 Å². The first-order chi connectivity index (χ1) is 9.63. The second-order valence-electron chi connectivity index (χ2n) is 3.91. The van der Waals surface area contributed by atoms with Gasteiger partial charge in [-0.1, -0.05) is 18.2 Å². The third-order valence-corrected chi connectivity index (χ3v) is 2.65. The van der Waals surface area contributed by atoms with Crippen LogP contribution in [-0.4, -0.2) is 22.5 Å². The molecule has 1 aromatic heterocycles. The summed E-state index contributed by atoms with van der Waals surface area (Å²) in [5.41, 5.74) is 0.462. The fourth-order valence-electron chi connectivity index (χ4n) is 1.77. The van der Waals surface area contributed by atoms with Gasteiger partial charge in [-0.2, -0.15) is 0 Å². The molecule has 0 fully saturated rings. The van der Waals surface area contributed by atoms with Crippen LogP contribution in [-0.2, 0) is 11.2 Å². The van der Waals surface area contributed by atoms with Crippen molar-refractivity contribution < 1.29 is 18.9 Å². The monoisotopic (exact) mass is 276 g/mol. The van der Waals surface area contributed by atoms with Crippen LogP contribution in [0.5, 0.6) is 0 Å². The van der Waals surface area contributed by atoms with E-state index in [1.807, 2.05) is 0 Å². The molecule has 104 valence electrons. The third kappa shape index (κ3) is 2.82. The van der Waals surface area contributed by atoms with Gasteiger partial charge in [0.2, 0.25) is 0 Å².